The third-order valence-electron chi connectivity index (χ3n) is 5.35. The monoisotopic (exact) mass is 416 g/mol. The molecule has 0 atom stereocenters. The Balaban J connectivity index is 1.67. The zero-order valence-corrected chi connectivity index (χ0v) is 17.7. The topological polar surface area (TPSA) is 91.6 Å². The van der Waals surface area contributed by atoms with Gasteiger partial charge in [-0.2, -0.15) is 0 Å². The van der Waals surface area contributed by atoms with Crippen molar-refractivity contribution >= 4 is 17.4 Å². The van der Waals surface area contributed by atoms with Crippen molar-refractivity contribution in [2.75, 3.05) is 0 Å². The Morgan fingerprint density at radius 2 is 1.77 bits per heavy atom. The maximum absolute atomic E-state index is 12.6. The molecule has 0 radical (unpaired) electrons. The smallest absolute Gasteiger partial charge is 0.260 e. The Morgan fingerprint density at radius 1 is 1.00 bits per heavy atom. The molecule has 3 aromatic rings. The van der Waals surface area contributed by atoms with Crippen LogP contribution in [0.25, 0.3) is 16.7 Å². The van der Waals surface area contributed by atoms with Crippen LogP contribution in [-0.2, 0) is 16.8 Å². The summed E-state index contributed by atoms with van der Waals surface area (Å²) in [5.74, 6) is -0.687. The van der Waals surface area contributed by atoms with E-state index >= 15 is 0 Å². The normalized spacial score (nSPS) is 15.0. The van der Waals surface area contributed by atoms with Gasteiger partial charge in [-0.3, -0.25) is 14.9 Å². The fourth-order valence-electron chi connectivity index (χ4n) is 3.62. The van der Waals surface area contributed by atoms with E-state index in [1.165, 1.54) is 0 Å². The van der Waals surface area contributed by atoms with Crippen molar-refractivity contribution in [1.29, 1.82) is 0 Å². The minimum atomic E-state index is -0.443. The molecule has 1 aromatic heterocycles. The molecule has 1 aliphatic heterocycles. The highest BCUT2D eigenvalue weighted by Crippen LogP contribution is 2.31. The van der Waals surface area contributed by atoms with Gasteiger partial charge in [-0.15, -0.1) is 0 Å². The lowest BCUT2D eigenvalue weighted by Crippen LogP contribution is -2.37. The number of hydrogen-bond donors (Lipinski definition) is 3. The number of carbonyl (C=O) groups is 2. The predicted octanol–water partition coefficient (Wildman–Crippen LogP) is 4.35. The first-order valence-electron chi connectivity index (χ1n) is 10.0. The van der Waals surface area contributed by atoms with E-state index in [0.717, 1.165) is 22.3 Å². The molecule has 6 nitrogen and oxygen atoms in total. The van der Waals surface area contributed by atoms with Gasteiger partial charge in [0.15, 0.2) is 0 Å². The number of furan rings is 1. The number of rotatable bonds is 4. The predicted molar refractivity (Wildman–Crippen MR) is 118 cm³/mol. The molecule has 0 unspecified atom stereocenters. The third kappa shape index (κ3) is 4.10. The minimum Gasteiger partial charge on any atom is -0.508 e. The van der Waals surface area contributed by atoms with Crippen LogP contribution >= 0.6 is 0 Å². The van der Waals surface area contributed by atoms with Crippen LogP contribution in [0.3, 0.4) is 0 Å². The number of carbonyl (C=O) groups excluding carboxylic acids is 2. The fourth-order valence-corrected chi connectivity index (χ4v) is 3.62. The molecule has 0 aliphatic carbocycles. The number of phenolic OH excluding ortho intramolecular Hbond substituents is 1. The lowest BCUT2D eigenvalue weighted by molar-refractivity contribution is -0.114. The number of phenols is 1. The lowest BCUT2D eigenvalue weighted by Gasteiger charge is -2.24. The van der Waals surface area contributed by atoms with E-state index in [9.17, 15) is 14.7 Å². The molecule has 2 heterocycles. The minimum absolute atomic E-state index is 0.119. The number of benzene rings is 2. The molecule has 158 valence electrons. The largest absolute Gasteiger partial charge is 0.508 e. The molecule has 4 rings (SSSR count). The van der Waals surface area contributed by atoms with Gasteiger partial charge < -0.3 is 14.8 Å². The van der Waals surface area contributed by atoms with Gasteiger partial charge in [0.1, 0.15) is 5.75 Å². The second-order valence-electron chi connectivity index (χ2n) is 8.59. The maximum atomic E-state index is 12.6. The van der Waals surface area contributed by atoms with Crippen molar-refractivity contribution < 1.29 is 19.1 Å². The Morgan fingerprint density at radius 3 is 2.48 bits per heavy atom. The van der Waals surface area contributed by atoms with E-state index in [0.29, 0.717) is 23.2 Å². The van der Waals surface area contributed by atoms with Crippen molar-refractivity contribution in [3.05, 3.63) is 83.4 Å². The Bertz CT molecular complexity index is 1180. The molecule has 6 heteroatoms. The first kappa shape index (κ1) is 20.5. The molecule has 3 N–H and O–H groups in total. The van der Waals surface area contributed by atoms with Gasteiger partial charge in [-0.1, -0.05) is 32.9 Å². The third-order valence-corrected chi connectivity index (χ3v) is 5.35. The van der Waals surface area contributed by atoms with Gasteiger partial charge in [-0.25, -0.2) is 0 Å². The first-order valence-corrected chi connectivity index (χ1v) is 10.0. The summed E-state index contributed by atoms with van der Waals surface area (Å²) < 4.78 is 5.18. The standard InChI is InChI=1S/C25H24N2O4/c1-25(2,3)17-4-6-20-21(11-17)22(24(30)27-23(20)29)13-26-12-16-10-18(28)5-7-19(16)15-8-9-31-14-15/h4-11,13-14,26,28H,12H2,1-3H3,(H,27,29,30). The van der Waals surface area contributed by atoms with Crippen molar-refractivity contribution in [3.8, 4) is 16.9 Å². The summed E-state index contributed by atoms with van der Waals surface area (Å²) >= 11 is 0. The highest BCUT2D eigenvalue weighted by molar-refractivity contribution is 6.31. The van der Waals surface area contributed by atoms with Gasteiger partial charge in [0.05, 0.1) is 18.1 Å². The van der Waals surface area contributed by atoms with Crippen molar-refractivity contribution in [3.63, 3.8) is 0 Å². The van der Waals surface area contributed by atoms with E-state index in [1.807, 2.05) is 24.3 Å². The van der Waals surface area contributed by atoms with Crippen molar-refractivity contribution in [2.45, 2.75) is 32.7 Å². The fraction of sp³-hybridized carbons (Fsp3) is 0.200. The average molecular weight is 416 g/mol. The summed E-state index contributed by atoms with van der Waals surface area (Å²) in [4.78, 5) is 24.9. The van der Waals surface area contributed by atoms with Crippen LogP contribution in [-0.4, -0.2) is 16.9 Å². The number of nitrogens with one attached hydrogen (secondary N) is 2. The van der Waals surface area contributed by atoms with Crippen LogP contribution in [0.4, 0.5) is 0 Å². The number of aromatic hydroxyl groups is 1. The van der Waals surface area contributed by atoms with Crippen LogP contribution in [0.1, 0.15) is 47.8 Å². The second kappa shape index (κ2) is 7.80. The highest BCUT2D eigenvalue weighted by atomic mass is 16.3. The van der Waals surface area contributed by atoms with E-state index in [4.69, 9.17) is 4.42 Å². The summed E-state index contributed by atoms with van der Waals surface area (Å²) in [5, 5.41) is 15.5. The maximum Gasteiger partial charge on any atom is 0.260 e. The van der Waals surface area contributed by atoms with Crippen LogP contribution in [0, 0.1) is 0 Å². The molecular formula is C25H24N2O4. The number of amides is 2. The second-order valence-corrected chi connectivity index (χ2v) is 8.59. The molecule has 1 aliphatic rings. The van der Waals surface area contributed by atoms with Gasteiger partial charge >= 0.3 is 0 Å². The summed E-state index contributed by atoms with van der Waals surface area (Å²) in [6.45, 7) is 6.62. The van der Waals surface area contributed by atoms with Crippen molar-refractivity contribution in [1.82, 2.24) is 10.6 Å². The molecule has 2 amide bonds. The molecule has 31 heavy (non-hydrogen) atoms. The van der Waals surface area contributed by atoms with Gasteiger partial charge in [-0.05, 0) is 52.4 Å². The molecule has 0 spiro atoms. The Kier molecular flexibility index (Phi) is 5.15. The summed E-state index contributed by atoms with van der Waals surface area (Å²) in [7, 11) is 0. The van der Waals surface area contributed by atoms with Gasteiger partial charge in [0, 0.05) is 29.4 Å². The highest BCUT2D eigenvalue weighted by Gasteiger charge is 2.28. The molecular weight excluding hydrogens is 392 g/mol. The molecule has 0 saturated heterocycles. The number of hydrogen-bond acceptors (Lipinski definition) is 5. The quantitative estimate of drug-likeness (QED) is 0.434. The molecule has 0 saturated carbocycles. The Labute approximate surface area is 180 Å². The molecule has 2 aromatic carbocycles. The van der Waals surface area contributed by atoms with Gasteiger partial charge in [0.25, 0.3) is 11.8 Å². The van der Waals surface area contributed by atoms with E-state index in [2.05, 4.69) is 31.4 Å². The number of imide groups is 1. The van der Waals surface area contributed by atoms with Crippen molar-refractivity contribution in [2.24, 2.45) is 0 Å². The van der Waals surface area contributed by atoms with Crippen LogP contribution in [0.5, 0.6) is 5.75 Å². The van der Waals surface area contributed by atoms with E-state index in [1.54, 1.807) is 36.9 Å². The summed E-state index contributed by atoms with van der Waals surface area (Å²) in [5.41, 5.74) is 5.04. The van der Waals surface area contributed by atoms with Crippen LogP contribution in [0.15, 0.2) is 65.6 Å². The zero-order valence-electron chi connectivity index (χ0n) is 17.7. The first-order chi connectivity index (χ1) is 14.7. The zero-order chi connectivity index (χ0) is 22.2. The lowest BCUT2D eigenvalue weighted by atomic mass is 9.83. The van der Waals surface area contributed by atoms with Crippen LogP contribution < -0.4 is 10.6 Å². The molecule has 0 bridgehead atoms. The summed E-state index contributed by atoms with van der Waals surface area (Å²) in [6.07, 6.45) is 4.85. The molecule has 0 fully saturated rings. The van der Waals surface area contributed by atoms with E-state index in [-0.39, 0.29) is 11.2 Å². The summed E-state index contributed by atoms with van der Waals surface area (Å²) in [6, 6.07) is 12.5. The average Bonchev–Trinajstić information content (AvgIpc) is 3.24. The van der Waals surface area contributed by atoms with E-state index < -0.39 is 11.8 Å². The van der Waals surface area contributed by atoms with Crippen LogP contribution in [0.2, 0.25) is 0 Å². The van der Waals surface area contributed by atoms with Gasteiger partial charge in [0.2, 0.25) is 0 Å². The SMILES string of the molecule is CC(C)(C)c1ccc2c(c1)C(=CNCc1cc(O)ccc1-c1ccoc1)C(=O)NC2=O. The Hall–Kier alpha value is -3.80. The number of fused-ring (bicyclic) bond motifs is 1.